The van der Waals surface area contributed by atoms with Gasteiger partial charge in [-0.05, 0) is 12.8 Å². The van der Waals surface area contributed by atoms with Gasteiger partial charge in [-0.1, -0.05) is 0 Å². The maximum Gasteiger partial charge on any atom is 0.228 e. The summed E-state index contributed by atoms with van der Waals surface area (Å²) in [6.45, 7) is 3.32. The molecule has 3 rings (SSSR count). The van der Waals surface area contributed by atoms with E-state index in [0.717, 1.165) is 45.1 Å². The molecule has 0 aromatic carbocycles. The number of methoxy groups -OCH3 is 1. The Balaban J connectivity index is 1.59. The fraction of sp³-hybridized carbons (Fsp3) is 0.692. The van der Waals surface area contributed by atoms with Crippen molar-refractivity contribution >= 4 is 5.95 Å². The molecule has 0 bridgehead atoms. The van der Waals surface area contributed by atoms with E-state index in [-0.39, 0.29) is 6.29 Å². The topological polar surface area (TPSA) is 56.7 Å². The van der Waals surface area contributed by atoms with E-state index in [9.17, 15) is 0 Å². The van der Waals surface area contributed by atoms with Crippen molar-refractivity contribution in [1.82, 2.24) is 9.97 Å². The van der Waals surface area contributed by atoms with Gasteiger partial charge in [0.15, 0.2) is 6.29 Å². The molecule has 2 fully saturated rings. The third-order valence-electron chi connectivity index (χ3n) is 3.68. The van der Waals surface area contributed by atoms with Gasteiger partial charge in [0.05, 0.1) is 20.3 Å². The van der Waals surface area contributed by atoms with E-state index in [4.69, 9.17) is 14.2 Å². The summed E-state index contributed by atoms with van der Waals surface area (Å²) in [5.74, 6) is 1.84. The number of piperidine rings is 1. The van der Waals surface area contributed by atoms with Gasteiger partial charge in [-0.3, -0.25) is 0 Å². The molecule has 0 aliphatic carbocycles. The van der Waals surface area contributed by atoms with Crippen LogP contribution in [-0.2, 0) is 9.47 Å². The molecular weight excluding hydrogens is 246 g/mol. The minimum absolute atomic E-state index is 0.00613. The molecule has 1 aromatic heterocycles. The molecule has 1 aromatic rings. The highest BCUT2D eigenvalue weighted by molar-refractivity contribution is 5.32. The molecule has 0 unspecified atom stereocenters. The SMILES string of the molecule is COc1ccnc(N2CCC(C3OCCO3)CC2)n1. The zero-order valence-electron chi connectivity index (χ0n) is 11.1. The molecule has 3 heterocycles. The van der Waals surface area contributed by atoms with Crippen LogP contribution in [0.3, 0.4) is 0 Å². The van der Waals surface area contributed by atoms with E-state index in [1.165, 1.54) is 0 Å². The van der Waals surface area contributed by atoms with Crippen LogP contribution in [0.4, 0.5) is 5.95 Å². The second-order valence-corrected chi connectivity index (χ2v) is 4.83. The normalized spacial score (nSPS) is 21.8. The first-order chi connectivity index (χ1) is 9.36. The van der Waals surface area contributed by atoms with Crippen LogP contribution in [0.1, 0.15) is 12.8 Å². The fourth-order valence-corrected chi connectivity index (χ4v) is 2.62. The Bertz CT molecular complexity index is 415. The van der Waals surface area contributed by atoms with Crippen LogP contribution in [0.2, 0.25) is 0 Å². The minimum atomic E-state index is -0.00613. The molecule has 6 heteroatoms. The van der Waals surface area contributed by atoms with Crippen molar-refractivity contribution in [3.8, 4) is 5.88 Å². The summed E-state index contributed by atoms with van der Waals surface area (Å²) in [6.07, 6.45) is 3.82. The molecular formula is C13H19N3O3. The predicted octanol–water partition coefficient (Wildman–Crippen LogP) is 1.07. The predicted molar refractivity (Wildman–Crippen MR) is 69.2 cm³/mol. The third-order valence-corrected chi connectivity index (χ3v) is 3.68. The Kier molecular flexibility index (Phi) is 3.79. The van der Waals surface area contributed by atoms with Crippen LogP contribution in [0, 0.1) is 5.92 Å². The number of nitrogens with zero attached hydrogens (tertiary/aromatic N) is 3. The van der Waals surface area contributed by atoms with Crippen molar-refractivity contribution < 1.29 is 14.2 Å². The van der Waals surface area contributed by atoms with E-state index in [1.807, 2.05) is 0 Å². The third kappa shape index (κ3) is 2.79. The molecule has 6 nitrogen and oxygen atoms in total. The molecule has 2 aliphatic rings. The number of aromatic nitrogens is 2. The highest BCUT2D eigenvalue weighted by atomic mass is 16.7. The maximum absolute atomic E-state index is 5.58. The summed E-state index contributed by atoms with van der Waals surface area (Å²) in [5, 5.41) is 0. The van der Waals surface area contributed by atoms with Gasteiger partial charge in [0.1, 0.15) is 0 Å². The number of hydrogen-bond acceptors (Lipinski definition) is 6. The van der Waals surface area contributed by atoms with Crippen LogP contribution < -0.4 is 9.64 Å². The van der Waals surface area contributed by atoms with Gasteiger partial charge in [-0.15, -0.1) is 0 Å². The van der Waals surface area contributed by atoms with Crippen LogP contribution in [0.25, 0.3) is 0 Å². The summed E-state index contributed by atoms with van der Waals surface area (Å²) >= 11 is 0. The Morgan fingerprint density at radius 3 is 2.68 bits per heavy atom. The van der Waals surface area contributed by atoms with Gasteiger partial charge >= 0.3 is 0 Å². The summed E-state index contributed by atoms with van der Waals surface area (Å²) in [6, 6.07) is 1.76. The molecule has 0 atom stereocenters. The quantitative estimate of drug-likeness (QED) is 0.815. The van der Waals surface area contributed by atoms with Gasteiger partial charge in [-0.2, -0.15) is 4.98 Å². The molecule has 0 amide bonds. The van der Waals surface area contributed by atoms with E-state index in [1.54, 1.807) is 19.4 Å². The lowest BCUT2D eigenvalue weighted by Crippen LogP contribution is -2.39. The van der Waals surface area contributed by atoms with E-state index in [2.05, 4.69) is 14.9 Å². The van der Waals surface area contributed by atoms with Gasteiger partial charge in [0.2, 0.25) is 11.8 Å². The maximum atomic E-state index is 5.58. The van der Waals surface area contributed by atoms with Crippen molar-refractivity contribution in [3.05, 3.63) is 12.3 Å². The van der Waals surface area contributed by atoms with E-state index in [0.29, 0.717) is 11.8 Å². The number of ether oxygens (including phenoxy) is 3. The average molecular weight is 265 g/mol. The first-order valence-electron chi connectivity index (χ1n) is 6.72. The van der Waals surface area contributed by atoms with Gasteiger partial charge in [0, 0.05) is 31.3 Å². The van der Waals surface area contributed by atoms with Gasteiger partial charge in [-0.25, -0.2) is 4.98 Å². The minimum Gasteiger partial charge on any atom is -0.481 e. The van der Waals surface area contributed by atoms with Gasteiger partial charge in [0.25, 0.3) is 0 Å². The molecule has 0 N–H and O–H groups in total. The standard InChI is InChI=1S/C13H19N3O3/c1-17-11-2-5-14-13(15-11)16-6-3-10(4-7-16)12-18-8-9-19-12/h2,5,10,12H,3-4,6-9H2,1H3. The molecule has 19 heavy (non-hydrogen) atoms. The van der Waals surface area contributed by atoms with Crippen molar-refractivity contribution in [2.45, 2.75) is 19.1 Å². The van der Waals surface area contributed by atoms with Crippen LogP contribution in [-0.4, -0.2) is 49.7 Å². The molecule has 2 aliphatic heterocycles. The van der Waals surface area contributed by atoms with Gasteiger partial charge < -0.3 is 19.1 Å². The Labute approximate surface area is 112 Å². The molecule has 2 saturated heterocycles. The van der Waals surface area contributed by atoms with Crippen molar-refractivity contribution in [3.63, 3.8) is 0 Å². The number of rotatable bonds is 3. The average Bonchev–Trinajstić information content (AvgIpc) is 3.02. The summed E-state index contributed by atoms with van der Waals surface area (Å²) in [5.41, 5.74) is 0. The fourth-order valence-electron chi connectivity index (χ4n) is 2.62. The molecule has 0 spiro atoms. The molecule has 0 saturated carbocycles. The second-order valence-electron chi connectivity index (χ2n) is 4.83. The summed E-state index contributed by atoms with van der Waals surface area (Å²) in [4.78, 5) is 10.9. The number of anilines is 1. The highest BCUT2D eigenvalue weighted by Crippen LogP contribution is 2.27. The lowest BCUT2D eigenvalue weighted by atomic mass is 9.96. The highest BCUT2D eigenvalue weighted by Gasteiger charge is 2.31. The van der Waals surface area contributed by atoms with Crippen LogP contribution >= 0.6 is 0 Å². The molecule has 104 valence electrons. The lowest BCUT2D eigenvalue weighted by Gasteiger charge is -2.33. The van der Waals surface area contributed by atoms with Crippen LogP contribution in [0.5, 0.6) is 5.88 Å². The van der Waals surface area contributed by atoms with Crippen molar-refractivity contribution in [2.24, 2.45) is 5.92 Å². The van der Waals surface area contributed by atoms with E-state index >= 15 is 0 Å². The largest absolute Gasteiger partial charge is 0.481 e. The Morgan fingerprint density at radius 2 is 2.00 bits per heavy atom. The van der Waals surface area contributed by atoms with Crippen LogP contribution in [0.15, 0.2) is 12.3 Å². The zero-order chi connectivity index (χ0) is 13.1. The molecule has 0 radical (unpaired) electrons. The number of hydrogen-bond donors (Lipinski definition) is 0. The van der Waals surface area contributed by atoms with Crippen molar-refractivity contribution in [1.29, 1.82) is 0 Å². The summed E-state index contributed by atoms with van der Waals surface area (Å²) < 4.78 is 16.3. The lowest BCUT2D eigenvalue weighted by molar-refractivity contribution is -0.0889. The first kappa shape index (κ1) is 12.6. The summed E-state index contributed by atoms with van der Waals surface area (Å²) in [7, 11) is 1.62. The smallest absolute Gasteiger partial charge is 0.228 e. The monoisotopic (exact) mass is 265 g/mol. The second kappa shape index (κ2) is 5.71. The van der Waals surface area contributed by atoms with Crippen molar-refractivity contribution in [2.75, 3.05) is 38.3 Å². The Morgan fingerprint density at radius 1 is 1.26 bits per heavy atom. The Hall–Kier alpha value is -1.40. The zero-order valence-corrected chi connectivity index (χ0v) is 11.1. The first-order valence-corrected chi connectivity index (χ1v) is 6.72. The van der Waals surface area contributed by atoms with E-state index < -0.39 is 0 Å².